The van der Waals surface area contributed by atoms with Crippen molar-refractivity contribution in [1.82, 2.24) is 44.9 Å². The molecule has 16 nitrogen and oxygen atoms in total. The van der Waals surface area contributed by atoms with Gasteiger partial charge in [0.25, 0.3) is 5.91 Å². The van der Waals surface area contributed by atoms with Crippen LogP contribution in [-0.2, 0) is 27.5 Å². The van der Waals surface area contributed by atoms with Crippen molar-refractivity contribution in [2.75, 3.05) is 57.7 Å². The molecule has 2 saturated carbocycles. The maximum Gasteiger partial charge on any atom is 0.390 e. The lowest BCUT2D eigenvalue weighted by molar-refractivity contribution is -0.145. The number of likely N-dealkylation sites (tertiary alicyclic amines) is 1. The van der Waals surface area contributed by atoms with Gasteiger partial charge in [-0.3, -0.25) is 19.3 Å². The fourth-order valence-corrected chi connectivity index (χ4v) is 12.0. The molecule has 9 rings (SSSR count). The third-order valence-corrected chi connectivity index (χ3v) is 17.2. The third kappa shape index (κ3) is 15.0. The van der Waals surface area contributed by atoms with Gasteiger partial charge in [-0.15, -0.1) is 11.3 Å². The minimum Gasteiger partial charge on any atom is -0.493 e. The van der Waals surface area contributed by atoms with Crippen molar-refractivity contribution in [2.45, 2.75) is 166 Å². The Hall–Kier alpha value is -5.74. The number of unbranched alkanes of at least 4 members (excludes halogenated alkanes) is 4. The number of aliphatic hydroxyl groups is 2. The van der Waals surface area contributed by atoms with E-state index >= 15 is 0 Å². The van der Waals surface area contributed by atoms with Gasteiger partial charge in [0.15, 0.2) is 5.67 Å². The molecule has 4 fully saturated rings. The number of aliphatic hydroxyl groups excluding tert-OH is 2. The van der Waals surface area contributed by atoms with Crippen LogP contribution in [0.25, 0.3) is 32.6 Å². The van der Waals surface area contributed by atoms with Gasteiger partial charge in [0.05, 0.1) is 41.3 Å². The first-order valence-electron chi connectivity index (χ1n) is 28.5. The smallest absolute Gasteiger partial charge is 0.390 e. The summed E-state index contributed by atoms with van der Waals surface area (Å²) >= 11 is 1.55. The molecular weight excluding hydrogens is 1050 g/mol. The second-order valence-corrected chi connectivity index (χ2v) is 24.4. The Bertz CT molecular complexity index is 2910. The summed E-state index contributed by atoms with van der Waals surface area (Å²) in [5, 5.41) is 30.0. The number of nitrogens with zero attached hydrogens (tertiary/aromatic N) is 7. The zero-order chi connectivity index (χ0) is 56.8. The van der Waals surface area contributed by atoms with E-state index in [4.69, 9.17) is 9.72 Å². The van der Waals surface area contributed by atoms with E-state index in [0.29, 0.717) is 30.8 Å². The van der Waals surface area contributed by atoms with Crippen LogP contribution in [0.15, 0.2) is 60.4 Å². The number of thiazole rings is 1. The number of anilines is 1. The van der Waals surface area contributed by atoms with Crippen LogP contribution >= 0.6 is 11.3 Å². The molecule has 434 valence electrons. The molecule has 3 atom stereocenters. The molecule has 3 amide bonds. The molecule has 0 unspecified atom stereocenters. The van der Waals surface area contributed by atoms with Crippen LogP contribution in [0.1, 0.15) is 127 Å². The summed E-state index contributed by atoms with van der Waals surface area (Å²) in [4.78, 5) is 61.4. The van der Waals surface area contributed by atoms with E-state index in [2.05, 4.69) is 70.7 Å². The first-order valence-corrected chi connectivity index (χ1v) is 29.4. The number of amides is 3. The molecule has 2 aromatic carbocycles. The molecule has 5 aromatic rings. The topological polar surface area (TPSA) is 190 Å². The lowest BCUT2D eigenvalue weighted by atomic mass is 9.85. The Morgan fingerprint density at radius 3 is 2.27 bits per heavy atom. The normalized spacial score (nSPS) is 21.1. The number of carbonyl (C=O) groups excluding carboxylic acids is 3. The molecule has 0 bridgehead atoms. The Morgan fingerprint density at radius 2 is 1.59 bits per heavy atom. The number of aromatic nitrogens is 4. The quantitative estimate of drug-likeness (QED) is 0.0309. The Morgan fingerprint density at radius 1 is 0.887 bits per heavy atom. The third-order valence-electron chi connectivity index (χ3n) is 16.2. The van der Waals surface area contributed by atoms with Gasteiger partial charge in [0, 0.05) is 93.7 Å². The largest absolute Gasteiger partial charge is 0.493 e. The van der Waals surface area contributed by atoms with E-state index in [-0.39, 0.29) is 57.0 Å². The van der Waals surface area contributed by atoms with Crippen molar-refractivity contribution in [2.24, 2.45) is 5.41 Å². The highest BCUT2D eigenvalue weighted by molar-refractivity contribution is 7.13. The number of fused-ring (bicyclic) bond motifs is 1. The number of nitrogens with one attached hydrogen (secondary N) is 3. The van der Waals surface area contributed by atoms with E-state index in [1.165, 1.54) is 10.5 Å². The van der Waals surface area contributed by atoms with Gasteiger partial charge in [-0.25, -0.2) is 14.4 Å². The summed E-state index contributed by atoms with van der Waals surface area (Å²) in [6.07, 6.45) is 5.67. The summed E-state index contributed by atoms with van der Waals surface area (Å²) in [7, 11) is 0. The molecular formula is C59H78F4N10O6S. The van der Waals surface area contributed by atoms with Crippen LogP contribution < -0.4 is 20.7 Å². The summed E-state index contributed by atoms with van der Waals surface area (Å²) in [5.41, 5.74) is 5.58. The van der Waals surface area contributed by atoms with E-state index in [1.807, 2.05) is 30.6 Å². The zero-order valence-corrected chi connectivity index (χ0v) is 47.3. The molecule has 80 heavy (non-hydrogen) atoms. The van der Waals surface area contributed by atoms with Gasteiger partial charge in [0.2, 0.25) is 17.8 Å². The summed E-state index contributed by atoms with van der Waals surface area (Å²) in [5.74, 6) is -0.983. The van der Waals surface area contributed by atoms with Crippen molar-refractivity contribution in [3.05, 3.63) is 77.2 Å². The molecule has 2 saturated heterocycles. The van der Waals surface area contributed by atoms with Gasteiger partial charge >= 0.3 is 6.18 Å². The van der Waals surface area contributed by atoms with Gasteiger partial charge in [-0.2, -0.15) is 18.2 Å². The minimum atomic E-state index is -4.28. The number of piperazine rings is 1. The number of ether oxygens (including phenoxy) is 1. The standard InChI is InChI=1S/C59H78F4N10O6S/c1-38-50(80-37-67-38)41-14-15-42(32-65-53(76)48-31-45(75)35-73(48)54(77)51(57(2,3)4)68-55(78)58(60)20-21-58)49(30-41)79-29-9-7-5-6-8-24-70-25-27-71(28-26-70)34-39-10-12-40(13-11-39)47-36-72(43-16-18-44(74)19-17-43)52-46(47)33-66-56(69-52)64-23-22-59(61,62)63/h10-15,30,33,36-37,43-45,48,51,74-75H,5-9,16-29,31-32,34-35H2,1-4H3,(H,65,76)(H,68,78)(H,64,66,69)/t43?,44?,45-,48+,51-/m1/s1. The molecule has 2 aliphatic carbocycles. The zero-order valence-electron chi connectivity index (χ0n) is 46.5. The van der Waals surface area contributed by atoms with Gasteiger partial charge in [0.1, 0.15) is 23.5 Å². The van der Waals surface area contributed by atoms with E-state index in [0.717, 1.165) is 122 Å². The van der Waals surface area contributed by atoms with Crippen molar-refractivity contribution in [1.29, 1.82) is 0 Å². The summed E-state index contributed by atoms with van der Waals surface area (Å²) in [6, 6.07) is 12.5. The molecule has 0 radical (unpaired) electrons. The maximum absolute atomic E-state index is 14.7. The number of rotatable bonds is 23. The number of halogens is 4. The van der Waals surface area contributed by atoms with E-state index < -0.39 is 59.6 Å². The number of alkyl halides is 4. The number of hydrogen-bond donors (Lipinski definition) is 5. The number of hydrogen-bond acceptors (Lipinski definition) is 13. The van der Waals surface area contributed by atoms with Gasteiger partial charge < -0.3 is 45.3 Å². The van der Waals surface area contributed by atoms with Crippen molar-refractivity contribution in [3.8, 4) is 27.3 Å². The van der Waals surface area contributed by atoms with Crippen LogP contribution in [0.2, 0.25) is 0 Å². The van der Waals surface area contributed by atoms with Crippen LogP contribution in [0.4, 0.5) is 23.5 Å². The number of carbonyl (C=O) groups is 3. The molecule has 2 aliphatic heterocycles. The second kappa shape index (κ2) is 25.6. The molecule has 3 aromatic heterocycles. The van der Waals surface area contributed by atoms with E-state index in [9.17, 15) is 42.2 Å². The SMILES string of the molecule is Cc1ncsc1-c1ccc(CNC(=O)[C@@H]2C[C@@H](O)CN2C(=O)[C@@H](NC(=O)C2(F)CC2)C(C)(C)C)c(OCCCCCCCN2CCN(Cc3ccc(-c4cn(C5CCC(O)CC5)c5nc(NCCC(F)(F)F)ncc45)cc3)CC2)c1. The lowest BCUT2D eigenvalue weighted by Crippen LogP contribution is -2.59. The average molecular weight is 1130 g/mol. The highest BCUT2D eigenvalue weighted by atomic mass is 32.1. The Labute approximate surface area is 470 Å². The van der Waals surface area contributed by atoms with Crippen LogP contribution in [-0.4, -0.2) is 151 Å². The number of benzene rings is 2. The molecule has 4 aliphatic rings. The first-order chi connectivity index (χ1) is 38.2. The monoisotopic (exact) mass is 1130 g/mol. The highest BCUT2D eigenvalue weighted by Gasteiger charge is 2.53. The lowest BCUT2D eigenvalue weighted by Gasteiger charge is -2.35. The molecule has 0 spiro atoms. The van der Waals surface area contributed by atoms with Crippen LogP contribution in [0.3, 0.4) is 0 Å². The van der Waals surface area contributed by atoms with E-state index in [1.54, 1.807) is 38.3 Å². The average Bonchev–Trinajstić information content (AvgIpc) is 3.81. The molecule has 5 N–H and O–H groups in total. The predicted octanol–water partition coefficient (Wildman–Crippen LogP) is 9.13. The first kappa shape index (κ1) is 58.9. The molecule has 21 heteroatoms. The number of aryl methyl sites for hydroxylation is 1. The van der Waals surface area contributed by atoms with Crippen molar-refractivity contribution in [3.63, 3.8) is 0 Å². The Balaban J connectivity index is 0.712. The van der Waals surface area contributed by atoms with Crippen LogP contribution in [0, 0.1) is 12.3 Å². The fraction of sp³-hybridized carbons (Fsp3) is 0.593. The predicted molar refractivity (Wildman–Crippen MR) is 301 cm³/mol. The van der Waals surface area contributed by atoms with Gasteiger partial charge in [-0.1, -0.05) is 76.4 Å². The van der Waals surface area contributed by atoms with Crippen molar-refractivity contribution >= 4 is 46.0 Å². The Kier molecular flexibility index (Phi) is 18.8. The summed E-state index contributed by atoms with van der Waals surface area (Å²) < 4.78 is 61.8. The van der Waals surface area contributed by atoms with Crippen molar-refractivity contribution < 1.29 is 46.9 Å². The second-order valence-electron chi connectivity index (χ2n) is 23.5. The summed E-state index contributed by atoms with van der Waals surface area (Å²) in [6.45, 7) is 13.4. The fourth-order valence-electron chi connectivity index (χ4n) is 11.2. The maximum atomic E-state index is 14.7. The molecule has 5 heterocycles. The minimum absolute atomic E-state index is 0.0352. The highest BCUT2D eigenvalue weighted by Crippen LogP contribution is 2.41. The van der Waals surface area contributed by atoms with Crippen LogP contribution in [0.5, 0.6) is 5.75 Å². The van der Waals surface area contributed by atoms with Gasteiger partial charge in [-0.05, 0) is 93.0 Å². The number of β-amino-alcohol motifs (C(OH)–C–C–N with tert-alkyl or cyclic N) is 1.